The van der Waals surface area contributed by atoms with Crippen molar-refractivity contribution >= 4 is 11.9 Å². The zero-order chi connectivity index (χ0) is 12.1. The number of aromatic nitrogens is 2. The average Bonchev–Trinajstić information content (AvgIpc) is 2.61. The van der Waals surface area contributed by atoms with E-state index in [2.05, 4.69) is 19.3 Å². The molecule has 0 atom stereocenters. The van der Waals surface area contributed by atoms with Gasteiger partial charge in [0.15, 0.2) is 0 Å². The third-order valence-electron chi connectivity index (χ3n) is 1.55. The molecule has 1 rings (SSSR count). The summed E-state index contributed by atoms with van der Waals surface area (Å²) in [7, 11) is 0. The predicted octanol–water partition coefficient (Wildman–Crippen LogP) is -0.339. The van der Waals surface area contributed by atoms with Crippen LogP contribution in [0.15, 0.2) is 4.63 Å². The van der Waals surface area contributed by atoms with Crippen molar-refractivity contribution in [2.24, 2.45) is 0 Å². The first-order chi connectivity index (χ1) is 7.61. The van der Waals surface area contributed by atoms with Gasteiger partial charge in [0, 0.05) is 0 Å². The Morgan fingerprint density at radius 2 is 1.88 bits per heavy atom. The highest BCUT2D eigenvalue weighted by Crippen LogP contribution is 2.05. The summed E-state index contributed by atoms with van der Waals surface area (Å²) in [5.41, 5.74) is -1.10. The second kappa shape index (κ2) is 5.10. The Morgan fingerprint density at radius 3 is 2.44 bits per heavy atom. The van der Waals surface area contributed by atoms with E-state index in [-0.39, 0.29) is 18.1 Å². The van der Waals surface area contributed by atoms with Crippen LogP contribution < -0.4 is 4.90 Å². The van der Waals surface area contributed by atoms with Crippen molar-refractivity contribution in [3.63, 3.8) is 0 Å². The molecule has 0 aliphatic carbocycles. The molecule has 1 aromatic heterocycles. The minimum Gasteiger partial charge on any atom is -0.460 e. The molecular weight excluding hydrogens is 220 g/mol. The van der Waals surface area contributed by atoms with Crippen molar-refractivity contribution < 1.29 is 28.6 Å². The Bertz CT molecular complexity index is 399. The van der Waals surface area contributed by atoms with Crippen LogP contribution in [0, 0.1) is 5.21 Å². The van der Waals surface area contributed by atoms with Gasteiger partial charge in [-0.3, -0.25) is 4.63 Å². The van der Waals surface area contributed by atoms with Gasteiger partial charge in [-0.25, -0.2) is 9.59 Å². The van der Waals surface area contributed by atoms with Crippen LogP contribution in [0.4, 0.5) is 0 Å². The topological polar surface area (TPSA) is 106 Å². The average molecular weight is 230 g/mol. The monoisotopic (exact) mass is 230 g/mol. The van der Waals surface area contributed by atoms with Crippen LogP contribution >= 0.6 is 0 Å². The molecule has 0 saturated carbocycles. The Balaban J connectivity index is 3.02. The molecule has 0 aromatic carbocycles. The Morgan fingerprint density at radius 1 is 1.31 bits per heavy atom. The van der Waals surface area contributed by atoms with Gasteiger partial charge in [0.2, 0.25) is 0 Å². The number of rotatable bonds is 4. The number of hydrogen-bond acceptors (Lipinski definition) is 7. The molecular formula is C8H10N2O6. The zero-order valence-corrected chi connectivity index (χ0v) is 8.76. The van der Waals surface area contributed by atoms with Gasteiger partial charge in [0.1, 0.15) is 0 Å². The van der Waals surface area contributed by atoms with E-state index in [1.807, 2.05) is 0 Å². The molecule has 0 amide bonds. The molecule has 88 valence electrons. The van der Waals surface area contributed by atoms with Gasteiger partial charge in [0.25, 0.3) is 0 Å². The molecule has 8 nitrogen and oxygen atoms in total. The van der Waals surface area contributed by atoms with Gasteiger partial charge in [-0.15, -0.1) is 0 Å². The second-order valence-corrected chi connectivity index (χ2v) is 2.57. The quantitative estimate of drug-likeness (QED) is 0.514. The fourth-order valence-corrected chi connectivity index (χ4v) is 0.952. The van der Waals surface area contributed by atoms with Crippen molar-refractivity contribution in [3.05, 3.63) is 16.6 Å². The predicted molar refractivity (Wildman–Crippen MR) is 47.4 cm³/mol. The van der Waals surface area contributed by atoms with E-state index < -0.39 is 23.3 Å². The number of carbonyl (C=O) groups is 2. The molecule has 0 fully saturated rings. The maximum Gasteiger partial charge on any atom is 0.390 e. The molecule has 1 aromatic rings. The summed E-state index contributed by atoms with van der Waals surface area (Å²) in [4.78, 5) is 22.4. The summed E-state index contributed by atoms with van der Waals surface area (Å²) in [6.07, 6.45) is 0. The summed E-state index contributed by atoms with van der Waals surface area (Å²) in [6.45, 7) is 3.29. The number of nitrogens with zero attached hydrogens (tertiary/aromatic N) is 2. The summed E-state index contributed by atoms with van der Waals surface area (Å²) >= 11 is 0. The van der Waals surface area contributed by atoms with Crippen LogP contribution in [0.1, 0.15) is 34.8 Å². The van der Waals surface area contributed by atoms with Gasteiger partial charge in [0.05, 0.1) is 18.4 Å². The van der Waals surface area contributed by atoms with Crippen molar-refractivity contribution in [1.82, 2.24) is 5.16 Å². The third-order valence-corrected chi connectivity index (χ3v) is 1.55. The lowest BCUT2D eigenvalue weighted by Crippen LogP contribution is -2.33. The van der Waals surface area contributed by atoms with E-state index in [4.69, 9.17) is 0 Å². The van der Waals surface area contributed by atoms with Crippen LogP contribution in [-0.2, 0) is 9.47 Å². The third kappa shape index (κ3) is 2.27. The van der Waals surface area contributed by atoms with Crippen molar-refractivity contribution in [2.75, 3.05) is 13.2 Å². The Labute approximate surface area is 90.3 Å². The molecule has 16 heavy (non-hydrogen) atoms. The van der Waals surface area contributed by atoms with Gasteiger partial charge >= 0.3 is 23.3 Å². The molecule has 0 aliphatic rings. The molecule has 0 N–H and O–H groups in total. The standard InChI is InChI=1S/C8H10N2O6/c1-3-14-7(11)5-6(8(12)15-4-2)10(13)16-9-5/h3-4H2,1-2H3. The van der Waals surface area contributed by atoms with Crippen LogP contribution in [0.3, 0.4) is 0 Å². The minimum atomic E-state index is -0.984. The van der Waals surface area contributed by atoms with E-state index in [1.165, 1.54) is 0 Å². The normalized spacial score (nSPS) is 9.88. The highest BCUT2D eigenvalue weighted by Gasteiger charge is 2.34. The van der Waals surface area contributed by atoms with Crippen LogP contribution in [0.25, 0.3) is 0 Å². The Kier molecular flexibility index (Phi) is 3.81. The van der Waals surface area contributed by atoms with Crippen LogP contribution in [-0.4, -0.2) is 30.3 Å². The number of hydrogen-bond donors (Lipinski definition) is 0. The number of ether oxygens (including phenoxy) is 2. The van der Waals surface area contributed by atoms with E-state index in [0.29, 0.717) is 0 Å². The van der Waals surface area contributed by atoms with E-state index in [1.54, 1.807) is 13.8 Å². The smallest absolute Gasteiger partial charge is 0.390 e. The number of esters is 2. The molecule has 0 radical (unpaired) electrons. The largest absolute Gasteiger partial charge is 0.460 e. The van der Waals surface area contributed by atoms with Gasteiger partial charge in [-0.05, 0) is 18.8 Å². The van der Waals surface area contributed by atoms with Crippen molar-refractivity contribution in [3.8, 4) is 0 Å². The first-order valence-electron chi connectivity index (χ1n) is 4.55. The van der Waals surface area contributed by atoms with Crippen molar-refractivity contribution in [2.45, 2.75) is 13.8 Å². The van der Waals surface area contributed by atoms with E-state index >= 15 is 0 Å². The second-order valence-electron chi connectivity index (χ2n) is 2.57. The number of carbonyl (C=O) groups excluding carboxylic acids is 2. The van der Waals surface area contributed by atoms with Crippen LogP contribution in [0.2, 0.25) is 0 Å². The van der Waals surface area contributed by atoms with E-state index in [9.17, 15) is 14.8 Å². The van der Waals surface area contributed by atoms with Gasteiger partial charge in [-0.1, -0.05) is 0 Å². The molecule has 0 spiro atoms. The minimum absolute atomic E-state index is 0.0618. The van der Waals surface area contributed by atoms with Crippen LogP contribution in [0.5, 0.6) is 0 Å². The molecule has 0 unspecified atom stereocenters. The highest BCUT2D eigenvalue weighted by molar-refractivity contribution is 5.99. The molecule has 0 aliphatic heterocycles. The molecule has 0 saturated heterocycles. The first-order valence-corrected chi connectivity index (χ1v) is 4.55. The molecule has 0 bridgehead atoms. The van der Waals surface area contributed by atoms with Gasteiger partial charge < -0.3 is 14.7 Å². The maximum absolute atomic E-state index is 11.3. The fraction of sp³-hybridized carbons (Fsp3) is 0.500. The molecule has 1 heterocycles. The first kappa shape index (κ1) is 12.0. The summed E-state index contributed by atoms with van der Waals surface area (Å²) in [5, 5.41) is 14.2. The Hall–Kier alpha value is -2.12. The fourth-order valence-electron chi connectivity index (χ4n) is 0.952. The molecule has 8 heteroatoms. The SMILES string of the molecule is CCOC(=O)c1no[n+]([O-])c1C(=O)OCC. The maximum atomic E-state index is 11.3. The highest BCUT2D eigenvalue weighted by atomic mass is 16.8. The summed E-state index contributed by atoms with van der Waals surface area (Å²) < 4.78 is 13.3. The van der Waals surface area contributed by atoms with Crippen molar-refractivity contribution in [1.29, 1.82) is 0 Å². The lowest BCUT2D eigenvalue weighted by molar-refractivity contribution is -0.804. The summed E-state index contributed by atoms with van der Waals surface area (Å²) in [6, 6.07) is 0. The lowest BCUT2D eigenvalue weighted by Gasteiger charge is -1.98. The zero-order valence-electron chi connectivity index (χ0n) is 8.76. The lowest BCUT2D eigenvalue weighted by atomic mass is 10.3. The summed E-state index contributed by atoms with van der Waals surface area (Å²) in [5.74, 6) is -1.90. The van der Waals surface area contributed by atoms with E-state index in [0.717, 1.165) is 0 Å². The van der Waals surface area contributed by atoms with Gasteiger partial charge in [-0.2, -0.15) is 0 Å².